The van der Waals surface area contributed by atoms with Gasteiger partial charge in [0.1, 0.15) is 0 Å². The van der Waals surface area contributed by atoms with Gasteiger partial charge in [-0.2, -0.15) is 5.26 Å². The maximum atomic E-state index is 9.50. The van der Waals surface area contributed by atoms with E-state index >= 15 is 0 Å². The fourth-order valence-corrected chi connectivity index (χ4v) is 4.17. The molecule has 0 aromatic rings. The number of nitriles is 1. The van der Waals surface area contributed by atoms with E-state index in [4.69, 9.17) is 0 Å². The van der Waals surface area contributed by atoms with Crippen molar-refractivity contribution < 1.29 is 0 Å². The molecule has 4 unspecified atom stereocenters. The van der Waals surface area contributed by atoms with Gasteiger partial charge in [-0.1, -0.05) is 26.7 Å². The van der Waals surface area contributed by atoms with Crippen molar-refractivity contribution in [2.75, 3.05) is 26.7 Å². The fourth-order valence-electron chi connectivity index (χ4n) is 4.17. The van der Waals surface area contributed by atoms with Gasteiger partial charge in [-0.3, -0.25) is 4.90 Å². The lowest BCUT2D eigenvalue weighted by Gasteiger charge is -2.46. The third-order valence-electron chi connectivity index (χ3n) is 5.54. The van der Waals surface area contributed by atoms with E-state index in [9.17, 15) is 5.26 Å². The van der Waals surface area contributed by atoms with E-state index in [1.165, 1.54) is 32.1 Å². The molecule has 1 saturated carbocycles. The van der Waals surface area contributed by atoms with Crippen molar-refractivity contribution in [3.63, 3.8) is 0 Å². The molecule has 3 nitrogen and oxygen atoms in total. The molecule has 0 aromatic heterocycles. The van der Waals surface area contributed by atoms with Crippen molar-refractivity contribution in [2.24, 2.45) is 11.8 Å². The van der Waals surface area contributed by atoms with Gasteiger partial charge in [-0.25, -0.2) is 0 Å². The minimum atomic E-state index is 0.268. The summed E-state index contributed by atoms with van der Waals surface area (Å²) in [7, 11) is 2.24. The Balaban J connectivity index is 2.01. The molecular formula is C17H31N3. The van der Waals surface area contributed by atoms with Crippen LogP contribution >= 0.6 is 0 Å². The second kappa shape index (κ2) is 7.43. The first-order valence-electron chi connectivity index (χ1n) is 8.53. The zero-order valence-corrected chi connectivity index (χ0v) is 13.5. The highest BCUT2D eigenvalue weighted by atomic mass is 15.3. The summed E-state index contributed by atoms with van der Waals surface area (Å²) in [6, 6.07) is 3.80. The van der Waals surface area contributed by atoms with Crippen molar-refractivity contribution >= 4 is 0 Å². The van der Waals surface area contributed by atoms with Crippen LogP contribution in [0, 0.1) is 23.2 Å². The molecule has 1 heterocycles. The zero-order chi connectivity index (χ0) is 14.5. The van der Waals surface area contributed by atoms with Gasteiger partial charge < -0.3 is 4.90 Å². The smallest absolute Gasteiger partial charge is 0.0672 e. The zero-order valence-electron chi connectivity index (χ0n) is 13.5. The average molecular weight is 277 g/mol. The summed E-state index contributed by atoms with van der Waals surface area (Å²) in [5, 5.41) is 9.50. The number of piperazine rings is 1. The quantitative estimate of drug-likeness (QED) is 0.791. The first-order valence-corrected chi connectivity index (χ1v) is 8.53. The lowest BCUT2D eigenvalue weighted by molar-refractivity contribution is 0.0249. The van der Waals surface area contributed by atoms with Crippen LogP contribution in [-0.2, 0) is 0 Å². The van der Waals surface area contributed by atoms with Crippen LogP contribution in [-0.4, -0.2) is 48.6 Å². The van der Waals surface area contributed by atoms with Crippen LogP contribution in [0.25, 0.3) is 0 Å². The maximum absolute atomic E-state index is 9.50. The van der Waals surface area contributed by atoms with Gasteiger partial charge in [-0.05, 0) is 38.6 Å². The Kier molecular flexibility index (Phi) is 5.86. The van der Waals surface area contributed by atoms with Gasteiger partial charge in [0.25, 0.3) is 0 Å². The molecule has 4 atom stereocenters. The highest BCUT2D eigenvalue weighted by molar-refractivity contribution is 4.99. The molecular weight excluding hydrogens is 246 g/mol. The normalized spacial score (nSPS) is 36.7. The molecule has 2 rings (SSSR count). The van der Waals surface area contributed by atoms with Crippen molar-refractivity contribution in [1.82, 2.24) is 9.80 Å². The number of hydrogen-bond acceptors (Lipinski definition) is 3. The molecule has 3 heteroatoms. The van der Waals surface area contributed by atoms with Gasteiger partial charge in [-0.15, -0.1) is 0 Å². The fraction of sp³-hybridized carbons (Fsp3) is 0.941. The van der Waals surface area contributed by atoms with E-state index in [1.54, 1.807) is 0 Å². The minimum absolute atomic E-state index is 0.268. The highest BCUT2D eigenvalue weighted by Gasteiger charge is 2.36. The SMILES string of the molecule is CCCC1CCC(C#N)C(N2CCN(C)C(CC)C2)C1. The number of hydrogen-bond donors (Lipinski definition) is 0. The Bertz CT molecular complexity index is 336. The summed E-state index contributed by atoms with van der Waals surface area (Å²) in [6.45, 7) is 8.04. The lowest BCUT2D eigenvalue weighted by Crippen LogP contribution is -2.56. The van der Waals surface area contributed by atoms with Crippen LogP contribution in [0.4, 0.5) is 0 Å². The van der Waals surface area contributed by atoms with E-state index in [0.29, 0.717) is 12.1 Å². The number of likely N-dealkylation sites (N-methyl/N-ethyl adjacent to an activating group) is 1. The van der Waals surface area contributed by atoms with Crippen LogP contribution in [0.5, 0.6) is 0 Å². The third-order valence-corrected chi connectivity index (χ3v) is 5.54. The Labute approximate surface area is 124 Å². The van der Waals surface area contributed by atoms with Gasteiger partial charge in [0.15, 0.2) is 0 Å². The van der Waals surface area contributed by atoms with Gasteiger partial charge in [0.2, 0.25) is 0 Å². The van der Waals surface area contributed by atoms with Gasteiger partial charge in [0.05, 0.1) is 12.0 Å². The van der Waals surface area contributed by atoms with E-state index in [-0.39, 0.29) is 5.92 Å². The topological polar surface area (TPSA) is 30.3 Å². The first kappa shape index (κ1) is 15.8. The van der Waals surface area contributed by atoms with E-state index < -0.39 is 0 Å². The molecule has 0 N–H and O–H groups in total. The predicted molar refractivity (Wildman–Crippen MR) is 83.4 cm³/mol. The second-order valence-corrected chi connectivity index (χ2v) is 6.81. The molecule has 114 valence electrons. The molecule has 1 aliphatic heterocycles. The molecule has 20 heavy (non-hydrogen) atoms. The lowest BCUT2D eigenvalue weighted by atomic mass is 9.76. The summed E-state index contributed by atoms with van der Waals surface area (Å²) in [4.78, 5) is 5.13. The van der Waals surface area contributed by atoms with Crippen molar-refractivity contribution in [2.45, 2.75) is 64.5 Å². The molecule has 0 amide bonds. The number of nitrogens with zero attached hydrogens (tertiary/aromatic N) is 3. The summed E-state index contributed by atoms with van der Waals surface area (Å²) >= 11 is 0. The average Bonchev–Trinajstić information content (AvgIpc) is 2.48. The molecule has 2 aliphatic rings. The summed E-state index contributed by atoms with van der Waals surface area (Å²) < 4.78 is 0. The molecule has 0 bridgehead atoms. The predicted octanol–water partition coefficient (Wildman–Crippen LogP) is 3.12. The van der Waals surface area contributed by atoms with Crippen LogP contribution < -0.4 is 0 Å². The summed E-state index contributed by atoms with van der Waals surface area (Å²) in [6.07, 6.45) is 7.50. The van der Waals surface area contributed by atoms with Crippen LogP contribution in [0.1, 0.15) is 52.4 Å². The molecule has 0 radical (unpaired) electrons. The molecule has 1 saturated heterocycles. The van der Waals surface area contributed by atoms with Crippen molar-refractivity contribution in [3.05, 3.63) is 0 Å². The Morgan fingerprint density at radius 3 is 2.65 bits per heavy atom. The van der Waals surface area contributed by atoms with E-state index in [0.717, 1.165) is 32.0 Å². The van der Waals surface area contributed by atoms with Gasteiger partial charge >= 0.3 is 0 Å². The van der Waals surface area contributed by atoms with E-state index in [1.807, 2.05) is 0 Å². The van der Waals surface area contributed by atoms with E-state index in [2.05, 4.69) is 36.8 Å². The maximum Gasteiger partial charge on any atom is 0.0672 e. The van der Waals surface area contributed by atoms with Crippen LogP contribution in [0.2, 0.25) is 0 Å². The van der Waals surface area contributed by atoms with Gasteiger partial charge in [0, 0.05) is 31.7 Å². The third kappa shape index (κ3) is 3.54. The highest BCUT2D eigenvalue weighted by Crippen LogP contribution is 2.35. The van der Waals surface area contributed by atoms with Crippen molar-refractivity contribution in [1.29, 1.82) is 5.26 Å². The molecule has 2 fully saturated rings. The Hall–Kier alpha value is -0.590. The van der Waals surface area contributed by atoms with Crippen molar-refractivity contribution in [3.8, 4) is 6.07 Å². The molecule has 0 aromatic carbocycles. The number of rotatable bonds is 4. The monoisotopic (exact) mass is 277 g/mol. The molecule has 1 aliphatic carbocycles. The summed E-state index contributed by atoms with van der Waals surface area (Å²) in [5.74, 6) is 1.12. The standard InChI is InChI=1S/C17H31N3/c1-4-6-14-7-8-15(12-18)17(11-14)20-10-9-19(3)16(5-2)13-20/h14-17H,4-11,13H2,1-3H3. The Morgan fingerprint density at radius 2 is 2.00 bits per heavy atom. The summed E-state index contributed by atoms with van der Waals surface area (Å²) in [5.41, 5.74) is 0. The van der Waals surface area contributed by atoms with Crippen LogP contribution in [0.15, 0.2) is 0 Å². The first-order chi connectivity index (χ1) is 9.69. The minimum Gasteiger partial charge on any atom is -0.301 e. The second-order valence-electron chi connectivity index (χ2n) is 6.81. The Morgan fingerprint density at radius 1 is 1.20 bits per heavy atom. The largest absolute Gasteiger partial charge is 0.301 e. The molecule has 0 spiro atoms. The van der Waals surface area contributed by atoms with Crippen LogP contribution in [0.3, 0.4) is 0 Å².